The maximum Gasteiger partial charge on any atom is 0.146 e. The molecule has 1 aliphatic carbocycles. The largest absolute Gasteiger partial charge is 0.497 e. The molecule has 1 atom stereocenters. The molecule has 1 saturated carbocycles. The molecule has 5 heteroatoms. The van der Waals surface area contributed by atoms with Crippen LogP contribution in [0.25, 0.3) is 0 Å². The van der Waals surface area contributed by atoms with Crippen LogP contribution < -0.4 is 4.74 Å². The number of hydrogen-bond acceptors (Lipinski definition) is 5. The fourth-order valence-corrected chi connectivity index (χ4v) is 3.35. The summed E-state index contributed by atoms with van der Waals surface area (Å²) in [6.07, 6.45) is 7.85. The van der Waals surface area contributed by atoms with Crippen molar-refractivity contribution < 1.29 is 23.7 Å². The van der Waals surface area contributed by atoms with Crippen molar-refractivity contribution in [3.63, 3.8) is 0 Å². The lowest BCUT2D eigenvalue weighted by molar-refractivity contribution is -0.106. The van der Waals surface area contributed by atoms with Crippen LogP contribution in [0.4, 0.5) is 0 Å². The maximum absolute atomic E-state index is 6.19. The van der Waals surface area contributed by atoms with Gasteiger partial charge in [-0.05, 0) is 30.0 Å². The van der Waals surface area contributed by atoms with Gasteiger partial charge in [-0.1, -0.05) is 44.2 Å². The molecule has 26 heavy (non-hydrogen) atoms. The van der Waals surface area contributed by atoms with Gasteiger partial charge in [0.15, 0.2) is 0 Å². The average molecular weight is 366 g/mol. The minimum atomic E-state index is 0.103. The maximum atomic E-state index is 6.19. The van der Waals surface area contributed by atoms with Gasteiger partial charge in [0.25, 0.3) is 0 Å². The van der Waals surface area contributed by atoms with Crippen LogP contribution in [0, 0.1) is 5.92 Å². The third-order valence-corrected chi connectivity index (χ3v) is 4.87. The molecule has 1 aromatic rings. The third-order valence-electron chi connectivity index (χ3n) is 4.87. The van der Waals surface area contributed by atoms with E-state index in [0.717, 1.165) is 23.7 Å². The Morgan fingerprint density at radius 2 is 1.73 bits per heavy atom. The molecule has 0 saturated heterocycles. The zero-order chi connectivity index (χ0) is 18.5. The number of rotatable bonds is 13. The Kier molecular flexibility index (Phi) is 10.7. The molecule has 1 fully saturated rings. The Morgan fingerprint density at radius 3 is 2.42 bits per heavy atom. The molecule has 0 spiro atoms. The van der Waals surface area contributed by atoms with Crippen molar-refractivity contribution in [2.45, 2.75) is 51.2 Å². The Balaban J connectivity index is 1.76. The van der Waals surface area contributed by atoms with Crippen molar-refractivity contribution in [1.29, 1.82) is 0 Å². The highest BCUT2D eigenvalue weighted by atomic mass is 16.7. The molecule has 0 N–H and O–H groups in total. The fraction of sp³-hybridized carbons (Fsp3) is 0.714. The van der Waals surface area contributed by atoms with Crippen molar-refractivity contribution in [2.24, 2.45) is 5.92 Å². The standard InChI is InChI=1S/C21H34O5/c1-22-12-13-24-17-25-16-21(14-18-6-4-3-5-7-18)26-15-19-8-10-20(23-2)11-9-19/h8-11,18,21H,3-7,12-17H2,1-2H3/t21-/m0/s1. The van der Waals surface area contributed by atoms with Gasteiger partial charge in [0, 0.05) is 7.11 Å². The van der Waals surface area contributed by atoms with Gasteiger partial charge < -0.3 is 23.7 Å². The van der Waals surface area contributed by atoms with E-state index in [1.807, 2.05) is 24.3 Å². The lowest BCUT2D eigenvalue weighted by atomic mass is 9.85. The molecule has 0 amide bonds. The van der Waals surface area contributed by atoms with E-state index in [1.165, 1.54) is 32.1 Å². The summed E-state index contributed by atoms with van der Waals surface area (Å²) in [4.78, 5) is 0. The number of benzene rings is 1. The van der Waals surface area contributed by atoms with Crippen molar-refractivity contribution in [2.75, 3.05) is 40.8 Å². The van der Waals surface area contributed by atoms with Crippen LogP contribution in [0.3, 0.4) is 0 Å². The van der Waals surface area contributed by atoms with Gasteiger partial charge in [-0.3, -0.25) is 0 Å². The molecule has 0 radical (unpaired) electrons. The molecule has 1 aromatic carbocycles. The third kappa shape index (κ3) is 8.49. The van der Waals surface area contributed by atoms with E-state index in [4.69, 9.17) is 23.7 Å². The number of methoxy groups -OCH3 is 2. The molecular formula is C21H34O5. The predicted molar refractivity (Wildman–Crippen MR) is 101 cm³/mol. The highest BCUT2D eigenvalue weighted by Gasteiger charge is 2.20. The normalized spacial score (nSPS) is 16.5. The Bertz CT molecular complexity index is 456. The second-order valence-electron chi connectivity index (χ2n) is 6.91. The molecule has 0 aliphatic heterocycles. The van der Waals surface area contributed by atoms with Crippen LogP contribution in [0.5, 0.6) is 5.75 Å². The minimum Gasteiger partial charge on any atom is -0.497 e. The molecule has 0 bridgehead atoms. The van der Waals surface area contributed by atoms with E-state index in [0.29, 0.717) is 26.4 Å². The Morgan fingerprint density at radius 1 is 0.962 bits per heavy atom. The van der Waals surface area contributed by atoms with Crippen LogP contribution in [-0.2, 0) is 25.6 Å². The lowest BCUT2D eigenvalue weighted by Gasteiger charge is -2.26. The number of ether oxygens (including phenoxy) is 5. The summed E-state index contributed by atoms with van der Waals surface area (Å²) < 4.78 is 27.4. The molecule has 0 aromatic heterocycles. The molecule has 2 rings (SSSR count). The first-order valence-corrected chi connectivity index (χ1v) is 9.70. The molecule has 5 nitrogen and oxygen atoms in total. The quantitative estimate of drug-likeness (QED) is 0.387. The highest BCUT2D eigenvalue weighted by Crippen LogP contribution is 2.28. The van der Waals surface area contributed by atoms with E-state index in [-0.39, 0.29) is 12.9 Å². The van der Waals surface area contributed by atoms with Crippen molar-refractivity contribution in [1.82, 2.24) is 0 Å². The molecule has 0 unspecified atom stereocenters. The first-order valence-electron chi connectivity index (χ1n) is 9.70. The second kappa shape index (κ2) is 13.1. The molecular weight excluding hydrogens is 332 g/mol. The topological polar surface area (TPSA) is 46.2 Å². The van der Waals surface area contributed by atoms with E-state index >= 15 is 0 Å². The van der Waals surface area contributed by atoms with E-state index in [1.54, 1.807) is 14.2 Å². The molecule has 148 valence electrons. The van der Waals surface area contributed by atoms with E-state index in [9.17, 15) is 0 Å². The Hall–Kier alpha value is -1.14. The van der Waals surface area contributed by atoms with Crippen LogP contribution in [-0.4, -0.2) is 46.9 Å². The number of hydrogen-bond donors (Lipinski definition) is 0. The summed E-state index contributed by atoms with van der Waals surface area (Å²) >= 11 is 0. The van der Waals surface area contributed by atoms with Gasteiger partial charge in [-0.2, -0.15) is 0 Å². The Labute approximate surface area is 157 Å². The first kappa shape index (κ1) is 21.2. The summed E-state index contributed by atoms with van der Waals surface area (Å²) in [7, 11) is 3.34. The van der Waals surface area contributed by atoms with Crippen molar-refractivity contribution in [3.8, 4) is 5.75 Å². The van der Waals surface area contributed by atoms with Crippen LogP contribution >= 0.6 is 0 Å². The minimum absolute atomic E-state index is 0.103. The van der Waals surface area contributed by atoms with Gasteiger partial charge >= 0.3 is 0 Å². The highest BCUT2D eigenvalue weighted by molar-refractivity contribution is 5.26. The fourth-order valence-electron chi connectivity index (χ4n) is 3.35. The summed E-state index contributed by atoms with van der Waals surface area (Å²) in [5.41, 5.74) is 1.15. The van der Waals surface area contributed by atoms with Gasteiger partial charge in [0.1, 0.15) is 12.5 Å². The van der Waals surface area contributed by atoms with E-state index in [2.05, 4.69) is 0 Å². The lowest BCUT2D eigenvalue weighted by Crippen LogP contribution is -2.25. The summed E-state index contributed by atoms with van der Waals surface area (Å²) in [6.45, 7) is 2.59. The second-order valence-corrected chi connectivity index (χ2v) is 6.91. The zero-order valence-electron chi connectivity index (χ0n) is 16.3. The summed E-state index contributed by atoms with van der Waals surface area (Å²) in [5, 5.41) is 0. The van der Waals surface area contributed by atoms with Crippen LogP contribution in [0.1, 0.15) is 44.1 Å². The SMILES string of the molecule is COCCOCOC[C@H](CC1CCCCC1)OCc1ccc(OC)cc1. The van der Waals surface area contributed by atoms with Gasteiger partial charge in [0.2, 0.25) is 0 Å². The van der Waals surface area contributed by atoms with Gasteiger partial charge in [0.05, 0.1) is 39.6 Å². The zero-order valence-corrected chi connectivity index (χ0v) is 16.3. The monoisotopic (exact) mass is 366 g/mol. The average Bonchev–Trinajstić information content (AvgIpc) is 2.69. The predicted octanol–water partition coefficient (Wildman–Crippen LogP) is 4.19. The first-order chi connectivity index (χ1) is 12.8. The summed E-state index contributed by atoms with van der Waals surface area (Å²) in [6, 6.07) is 8.03. The van der Waals surface area contributed by atoms with Crippen molar-refractivity contribution >= 4 is 0 Å². The van der Waals surface area contributed by atoms with Gasteiger partial charge in [-0.25, -0.2) is 0 Å². The van der Waals surface area contributed by atoms with Crippen molar-refractivity contribution in [3.05, 3.63) is 29.8 Å². The van der Waals surface area contributed by atoms with E-state index < -0.39 is 0 Å². The summed E-state index contributed by atoms with van der Waals surface area (Å²) in [5.74, 6) is 1.62. The van der Waals surface area contributed by atoms with Crippen LogP contribution in [0.2, 0.25) is 0 Å². The van der Waals surface area contributed by atoms with Crippen LogP contribution in [0.15, 0.2) is 24.3 Å². The van der Waals surface area contributed by atoms with Gasteiger partial charge in [-0.15, -0.1) is 0 Å². The molecule has 1 aliphatic rings. The smallest absolute Gasteiger partial charge is 0.146 e. The molecule has 0 heterocycles.